The van der Waals surface area contributed by atoms with Gasteiger partial charge in [0.05, 0.1) is 5.56 Å². The largest absolute Gasteiger partial charge is 0.320 e. The molecular formula is C10H11F2O3P. The standard InChI is InChI=1S/C10H11F2O3P/c1-16(2,14)15-6-9(13)10-7(11)4-3-5-8(10)12/h3-5H,6H2,1-2H3. The molecule has 0 amide bonds. The van der Waals surface area contributed by atoms with Gasteiger partial charge in [0.1, 0.15) is 18.2 Å². The Morgan fingerprint density at radius 2 is 1.81 bits per heavy atom. The Hall–Kier alpha value is -1.06. The van der Waals surface area contributed by atoms with Crippen molar-refractivity contribution in [3.8, 4) is 0 Å². The topological polar surface area (TPSA) is 43.4 Å². The fourth-order valence-corrected chi connectivity index (χ4v) is 1.48. The maximum Gasteiger partial charge on any atom is 0.197 e. The van der Waals surface area contributed by atoms with E-state index in [-0.39, 0.29) is 0 Å². The molecule has 0 aliphatic carbocycles. The predicted molar refractivity (Wildman–Crippen MR) is 56.1 cm³/mol. The molecule has 1 aromatic carbocycles. The average Bonchev–Trinajstić information content (AvgIpc) is 2.13. The molecule has 1 rings (SSSR count). The Morgan fingerprint density at radius 1 is 1.31 bits per heavy atom. The molecule has 0 spiro atoms. The summed E-state index contributed by atoms with van der Waals surface area (Å²) in [7, 11) is -2.84. The molecule has 1 aromatic rings. The van der Waals surface area contributed by atoms with Gasteiger partial charge in [-0.1, -0.05) is 6.07 Å². The van der Waals surface area contributed by atoms with E-state index in [2.05, 4.69) is 0 Å². The maximum absolute atomic E-state index is 13.1. The maximum atomic E-state index is 13.1. The molecule has 6 heteroatoms. The molecule has 16 heavy (non-hydrogen) atoms. The molecule has 88 valence electrons. The third-order valence-electron chi connectivity index (χ3n) is 1.75. The van der Waals surface area contributed by atoms with Crippen LogP contribution in [0.25, 0.3) is 0 Å². The van der Waals surface area contributed by atoms with E-state index in [1.54, 1.807) is 0 Å². The fourth-order valence-electron chi connectivity index (χ4n) is 1.05. The first-order chi connectivity index (χ1) is 7.31. The molecule has 0 saturated heterocycles. The molecule has 0 aromatic heterocycles. The van der Waals surface area contributed by atoms with Gasteiger partial charge in [-0.25, -0.2) is 8.78 Å². The van der Waals surface area contributed by atoms with Crippen LogP contribution in [0.5, 0.6) is 0 Å². The van der Waals surface area contributed by atoms with Gasteiger partial charge in [-0.15, -0.1) is 0 Å². The first-order valence-corrected chi connectivity index (χ1v) is 7.00. The van der Waals surface area contributed by atoms with Crippen molar-refractivity contribution in [3.63, 3.8) is 0 Å². The minimum Gasteiger partial charge on any atom is -0.320 e. The number of halogens is 2. The first kappa shape index (κ1) is 13.0. The van der Waals surface area contributed by atoms with Gasteiger partial charge >= 0.3 is 0 Å². The molecule has 0 aliphatic rings. The number of rotatable bonds is 4. The second-order valence-electron chi connectivity index (χ2n) is 3.55. The first-order valence-electron chi connectivity index (χ1n) is 4.48. The Balaban J connectivity index is 2.85. The summed E-state index contributed by atoms with van der Waals surface area (Å²) in [6.07, 6.45) is 0. The Morgan fingerprint density at radius 3 is 2.25 bits per heavy atom. The summed E-state index contributed by atoms with van der Waals surface area (Å²) >= 11 is 0. The van der Waals surface area contributed by atoms with Gasteiger partial charge in [-0.05, 0) is 12.1 Å². The lowest BCUT2D eigenvalue weighted by atomic mass is 10.1. The van der Waals surface area contributed by atoms with E-state index in [0.29, 0.717) is 0 Å². The van der Waals surface area contributed by atoms with E-state index in [9.17, 15) is 18.1 Å². The zero-order valence-corrected chi connectivity index (χ0v) is 9.76. The highest BCUT2D eigenvalue weighted by Crippen LogP contribution is 2.37. The SMILES string of the molecule is CP(C)(=O)OCC(=O)c1c(F)cccc1F. The van der Waals surface area contributed by atoms with Crippen LogP contribution in [0.4, 0.5) is 8.78 Å². The van der Waals surface area contributed by atoms with E-state index in [4.69, 9.17) is 4.52 Å². The molecule has 0 radical (unpaired) electrons. The molecule has 0 bridgehead atoms. The number of Topliss-reactive ketones (excluding diaryl/α,β-unsaturated/α-hetero) is 1. The van der Waals surface area contributed by atoms with Gasteiger partial charge in [0, 0.05) is 13.3 Å². The summed E-state index contributed by atoms with van der Waals surface area (Å²) in [5.41, 5.74) is -0.657. The number of hydrogen-bond acceptors (Lipinski definition) is 3. The monoisotopic (exact) mass is 248 g/mol. The molecular weight excluding hydrogens is 237 g/mol. The molecule has 0 heterocycles. The minimum atomic E-state index is -2.84. The summed E-state index contributed by atoms with van der Waals surface area (Å²) in [6, 6.07) is 3.12. The number of carbonyl (C=O) groups is 1. The van der Waals surface area contributed by atoms with Crippen molar-refractivity contribution >= 4 is 13.2 Å². The summed E-state index contributed by atoms with van der Waals surface area (Å²) in [5, 5.41) is 0. The van der Waals surface area contributed by atoms with Crippen LogP contribution in [0.1, 0.15) is 10.4 Å². The zero-order chi connectivity index (χ0) is 12.3. The van der Waals surface area contributed by atoms with Gasteiger partial charge < -0.3 is 4.52 Å². The Labute approximate surface area is 91.9 Å². The third kappa shape index (κ3) is 3.51. The second kappa shape index (κ2) is 4.85. The molecule has 0 aliphatic heterocycles. The lowest BCUT2D eigenvalue weighted by molar-refractivity contribution is 0.0915. The van der Waals surface area contributed by atoms with Crippen molar-refractivity contribution in [1.29, 1.82) is 0 Å². The van der Waals surface area contributed by atoms with Crippen LogP contribution in [0.2, 0.25) is 0 Å². The number of ketones is 1. The Kier molecular flexibility index (Phi) is 3.94. The van der Waals surface area contributed by atoms with Crippen LogP contribution in [0, 0.1) is 11.6 Å². The number of carbonyl (C=O) groups excluding carboxylic acids is 1. The summed E-state index contributed by atoms with van der Waals surface area (Å²) in [5.74, 6) is -2.76. The highest BCUT2D eigenvalue weighted by atomic mass is 31.2. The highest BCUT2D eigenvalue weighted by Gasteiger charge is 2.19. The van der Waals surface area contributed by atoms with Crippen molar-refractivity contribution < 1.29 is 22.7 Å². The predicted octanol–water partition coefficient (Wildman–Crippen LogP) is 2.70. The van der Waals surface area contributed by atoms with Crippen molar-refractivity contribution in [3.05, 3.63) is 35.4 Å². The van der Waals surface area contributed by atoms with Crippen LogP contribution in [-0.2, 0) is 9.09 Å². The van der Waals surface area contributed by atoms with E-state index in [1.165, 1.54) is 13.3 Å². The quantitative estimate of drug-likeness (QED) is 0.607. The van der Waals surface area contributed by atoms with Crippen LogP contribution in [0.15, 0.2) is 18.2 Å². The molecule has 0 atom stereocenters. The van der Waals surface area contributed by atoms with Crippen LogP contribution in [0.3, 0.4) is 0 Å². The Bertz CT molecular complexity index is 433. The van der Waals surface area contributed by atoms with Gasteiger partial charge in [0.2, 0.25) is 0 Å². The van der Waals surface area contributed by atoms with E-state index in [0.717, 1.165) is 18.2 Å². The summed E-state index contributed by atoms with van der Waals surface area (Å²) in [4.78, 5) is 11.4. The molecule has 0 unspecified atom stereocenters. The van der Waals surface area contributed by atoms with Crippen LogP contribution >= 0.6 is 7.37 Å². The van der Waals surface area contributed by atoms with Gasteiger partial charge in [0.25, 0.3) is 0 Å². The lowest BCUT2D eigenvalue weighted by Crippen LogP contribution is -2.12. The average molecular weight is 248 g/mol. The normalized spacial score (nSPS) is 11.5. The lowest BCUT2D eigenvalue weighted by Gasteiger charge is -2.08. The summed E-state index contributed by atoms with van der Waals surface area (Å²) < 4.78 is 42.2. The highest BCUT2D eigenvalue weighted by molar-refractivity contribution is 7.57. The minimum absolute atomic E-state index is 0.595. The smallest absolute Gasteiger partial charge is 0.197 e. The van der Waals surface area contributed by atoms with Crippen molar-refractivity contribution in [1.82, 2.24) is 0 Å². The molecule has 0 N–H and O–H groups in total. The third-order valence-corrected chi connectivity index (χ3v) is 2.50. The van der Waals surface area contributed by atoms with E-state index in [1.807, 2.05) is 0 Å². The number of benzene rings is 1. The van der Waals surface area contributed by atoms with E-state index >= 15 is 0 Å². The van der Waals surface area contributed by atoms with Crippen molar-refractivity contribution in [2.75, 3.05) is 19.9 Å². The second-order valence-corrected chi connectivity index (χ2v) is 6.31. The summed E-state index contributed by atoms with van der Waals surface area (Å²) in [6.45, 7) is 2.04. The molecule has 0 saturated carbocycles. The molecule has 0 fully saturated rings. The van der Waals surface area contributed by atoms with Gasteiger partial charge in [0.15, 0.2) is 13.2 Å². The van der Waals surface area contributed by atoms with E-state index < -0.39 is 37.0 Å². The zero-order valence-electron chi connectivity index (χ0n) is 8.87. The van der Waals surface area contributed by atoms with Crippen LogP contribution in [-0.4, -0.2) is 25.7 Å². The van der Waals surface area contributed by atoms with Crippen LogP contribution < -0.4 is 0 Å². The van der Waals surface area contributed by atoms with Crippen molar-refractivity contribution in [2.24, 2.45) is 0 Å². The fraction of sp³-hybridized carbons (Fsp3) is 0.300. The van der Waals surface area contributed by atoms with Gasteiger partial charge in [-0.2, -0.15) is 0 Å². The van der Waals surface area contributed by atoms with Gasteiger partial charge in [-0.3, -0.25) is 9.36 Å². The molecule has 3 nitrogen and oxygen atoms in total. The number of hydrogen-bond donors (Lipinski definition) is 0. The van der Waals surface area contributed by atoms with Crippen molar-refractivity contribution in [2.45, 2.75) is 0 Å².